The van der Waals surface area contributed by atoms with Gasteiger partial charge in [0.05, 0.1) is 5.41 Å². The van der Waals surface area contributed by atoms with E-state index < -0.39 is 5.41 Å². The van der Waals surface area contributed by atoms with Crippen LogP contribution in [0.4, 0.5) is 8.78 Å². The first-order chi connectivity index (χ1) is 11.6. The highest BCUT2D eigenvalue weighted by Crippen LogP contribution is 2.39. The molecule has 1 amide bonds. The first-order valence-corrected chi connectivity index (χ1v) is 8.39. The maximum absolute atomic E-state index is 13.3. The zero-order chi connectivity index (χ0) is 17.0. The summed E-state index contributed by atoms with van der Waals surface area (Å²) in [6.07, 6.45) is 4.64. The van der Waals surface area contributed by atoms with Crippen LogP contribution in [-0.4, -0.2) is 5.91 Å². The third kappa shape index (κ3) is 3.48. The van der Waals surface area contributed by atoms with Crippen LogP contribution in [0.3, 0.4) is 0 Å². The third-order valence-corrected chi connectivity index (χ3v) is 4.90. The molecule has 2 nitrogen and oxygen atoms in total. The van der Waals surface area contributed by atoms with Crippen LogP contribution in [0, 0.1) is 11.6 Å². The van der Waals surface area contributed by atoms with Crippen LogP contribution in [0.1, 0.15) is 43.2 Å². The van der Waals surface area contributed by atoms with E-state index in [0.717, 1.165) is 43.2 Å². The van der Waals surface area contributed by atoms with E-state index in [1.165, 1.54) is 24.3 Å². The van der Waals surface area contributed by atoms with Gasteiger partial charge < -0.3 is 5.32 Å². The van der Waals surface area contributed by atoms with Crippen molar-refractivity contribution in [1.29, 1.82) is 0 Å². The molecule has 1 N–H and O–H groups in total. The van der Waals surface area contributed by atoms with Gasteiger partial charge in [-0.2, -0.15) is 0 Å². The number of benzene rings is 2. The van der Waals surface area contributed by atoms with Crippen LogP contribution in [0.25, 0.3) is 0 Å². The molecule has 1 saturated carbocycles. The minimum atomic E-state index is -0.591. The summed E-state index contributed by atoms with van der Waals surface area (Å²) in [5.74, 6) is -0.616. The topological polar surface area (TPSA) is 29.1 Å². The van der Waals surface area contributed by atoms with E-state index in [9.17, 15) is 13.6 Å². The van der Waals surface area contributed by atoms with Crippen molar-refractivity contribution < 1.29 is 13.6 Å². The van der Waals surface area contributed by atoms with Gasteiger partial charge in [-0.05, 0) is 48.2 Å². The molecule has 4 heteroatoms. The summed E-state index contributed by atoms with van der Waals surface area (Å²) in [6, 6.07) is 12.4. The quantitative estimate of drug-likeness (QED) is 0.880. The van der Waals surface area contributed by atoms with Crippen molar-refractivity contribution in [3.05, 3.63) is 71.3 Å². The van der Waals surface area contributed by atoms with Gasteiger partial charge in [-0.3, -0.25) is 4.79 Å². The summed E-state index contributed by atoms with van der Waals surface area (Å²) in [4.78, 5) is 13.0. The van der Waals surface area contributed by atoms with Crippen LogP contribution in [-0.2, 0) is 16.8 Å². The number of amides is 1. The van der Waals surface area contributed by atoms with Gasteiger partial charge >= 0.3 is 0 Å². The zero-order valence-corrected chi connectivity index (χ0v) is 13.5. The standard InChI is InChI=1S/C20H21F2NO/c21-17-8-4-15(5-9-17)14-23-19(24)20(12-2-1-3-13-20)16-6-10-18(22)11-7-16/h4-11H,1-3,12-14H2,(H,23,24). The molecule has 0 atom stereocenters. The Bertz CT molecular complexity index is 689. The lowest BCUT2D eigenvalue weighted by Gasteiger charge is -2.36. The number of carbonyl (C=O) groups excluding carboxylic acids is 1. The van der Waals surface area contributed by atoms with Crippen molar-refractivity contribution >= 4 is 5.91 Å². The summed E-state index contributed by atoms with van der Waals surface area (Å²) in [5, 5.41) is 2.99. The van der Waals surface area contributed by atoms with Gasteiger partial charge in [-0.15, -0.1) is 0 Å². The molecule has 3 rings (SSSR count). The van der Waals surface area contributed by atoms with Crippen molar-refractivity contribution in [3.63, 3.8) is 0 Å². The van der Waals surface area contributed by atoms with Crippen LogP contribution >= 0.6 is 0 Å². The maximum atomic E-state index is 13.3. The van der Waals surface area contributed by atoms with E-state index in [1.807, 2.05) is 0 Å². The van der Waals surface area contributed by atoms with E-state index in [-0.39, 0.29) is 17.5 Å². The molecule has 0 aliphatic heterocycles. The average molecular weight is 329 g/mol. The van der Waals surface area contributed by atoms with Crippen molar-refractivity contribution in [2.24, 2.45) is 0 Å². The lowest BCUT2D eigenvalue weighted by molar-refractivity contribution is -0.128. The fourth-order valence-electron chi connectivity index (χ4n) is 3.52. The average Bonchev–Trinajstić information content (AvgIpc) is 2.62. The third-order valence-electron chi connectivity index (χ3n) is 4.90. The van der Waals surface area contributed by atoms with Crippen molar-refractivity contribution in [2.45, 2.75) is 44.1 Å². The predicted octanol–water partition coefficient (Wildman–Crippen LogP) is 4.48. The number of carbonyl (C=O) groups is 1. The van der Waals surface area contributed by atoms with Crippen LogP contribution < -0.4 is 5.32 Å². The molecule has 0 spiro atoms. The predicted molar refractivity (Wildman–Crippen MR) is 89.4 cm³/mol. The molecule has 0 saturated heterocycles. The van der Waals surface area contributed by atoms with Crippen LogP contribution in [0.2, 0.25) is 0 Å². The molecule has 0 aromatic heterocycles. The first-order valence-electron chi connectivity index (χ1n) is 8.39. The molecule has 2 aromatic carbocycles. The molecule has 1 fully saturated rings. The van der Waals surface area contributed by atoms with Gasteiger partial charge in [0.2, 0.25) is 5.91 Å². The molecular formula is C20H21F2NO. The Labute approximate surface area is 140 Å². The van der Waals surface area contributed by atoms with Gasteiger partial charge in [-0.25, -0.2) is 8.78 Å². The molecule has 2 aromatic rings. The number of hydrogen-bond acceptors (Lipinski definition) is 1. The molecule has 1 aliphatic rings. The number of halogens is 2. The molecule has 0 bridgehead atoms. The Morgan fingerprint density at radius 1 is 0.875 bits per heavy atom. The second kappa shape index (κ2) is 7.12. The molecular weight excluding hydrogens is 308 g/mol. The van der Waals surface area contributed by atoms with Crippen molar-refractivity contribution in [1.82, 2.24) is 5.32 Å². The van der Waals surface area contributed by atoms with Gasteiger partial charge in [0.25, 0.3) is 0 Å². The van der Waals surface area contributed by atoms with Gasteiger partial charge in [-0.1, -0.05) is 43.5 Å². The van der Waals surface area contributed by atoms with Crippen molar-refractivity contribution in [3.8, 4) is 0 Å². The second-order valence-corrected chi connectivity index (χ2v) is 6.46. The van der Waals surface area contributed by atoms with E-state index in [2.05, 4.69) is 5.32 Å². The molecule has 24 heavy (non-hydrogen) atoms. The molecule has 0 heterocycles. The first kappa shape index (κ1) is 16.6. The van der Waals surface area contributed by atoms with Crippen LogP contribution in [0.15, 0.2) is 48.5 Å². The Hall–Kier alpha value is -2.23. The molecule has 126 valence electrons. The highest BCUT2D eigenvalue weighted by atomic mass is 19.1. The minimum Gasteiger partial charge on any atom is -0.351 e. The van der Waals surface area contributed by atoms with Gasteiger partial charge in [0.1, 0.15) is 11.6 Å². The van der Waals surface area contributed by atoms with E-state index in [1.54, 1.807) is 24.3 Å². The Balaban J connectivity index is 1.78. The Morgan fingerprint density at radius 2 is 1.42 bits per heavy atom. The highest BCUT2D eigenvalue weighted by molar-refractivity contribution is 5.88. The van der Waals surface area contributed by atoms with Gasteiger partial charge in [0, 0.05) is 6.54 Å². The number of rotatable bonds is 4. The second-order valence-electron chi connectivity index (χ2n) is 6.46. The minimum absolute atomic E-state index is 0.0295. The van der Waals surface area contributed by atoms with Gasteiger partial charge in [0.15, 0.2) is 0 Å². The van der Waals surface area contributed by atoms with Crippen LogP contribution in [0.5, 0.6) is 0 Å². The lowest BCUT2D eigenvalue weighted by Crippen LogP contribution is -2.45. The number of nitrogens with one attached hydrogen (secondary N) is 1. The van der Waals surface area contributed by atoms with E-state index in [4.69, 9.17) is 0 Å². The molecule has 0 radical (unpaired) electrons. The Kier molecular flexibility index (Phi) is 4.93. The number of hydrogen-bond donors (Lipinski definition) is 1. The van der Waals surface area contributed by atoms with Crippen molar-refractivity contribution in [2.75, 3.05) is 0 Å². The fraction of sp³-hybridized carbons (Fsp3) is 0.350. The summed E-state index contributed by atoms with van der Waals surface area (Å²) in [7, 11) is 0. The SMILES string of the molecule is O=C(NCc1ccc(F)cc1)C1(c2ccc(F)cc2)CCCCC1. The molecule has 1 aliphatic carbocycles. The largest absolute Gasteiger partial charge is 0.351 e. The zero-order valence-electron chi connectivity index (χ0n) is 13.5. The summed E-state index contributed by atoms with van der Waals surface area (Å²) < 4.78 is 26.2. The summed E-state index contributed by atoms with van der Waals surface area (Å²) in [6.45, 7) is 0.363. The highest BCUT2D eigenvalue weighted by Gasteiger charge is 2.40. The molecule has 0 unspecified atom stereocenters. The maximum Gasteiger partial charge on any atom is 0.230 e. The normalized spacial score (nSPS) is 16.6. The van der Waals surface area contributed by atoms with E-state index >= 15 is 0 Å². The Morgan fingerprint density at radius 3 is 2.00 bits per heavy atom. The lowest BCUT2D eigenvalue weighted by atomic mass is 9.68. The smallest absolute Gasteiger partial charge is 0.230 e. The monoisotopic (exact) mass is 329 g/mol. The summed E-state index contributed by atoms with van der Waals surface area (Å²) in [5.41, 5.74) is 1.14. The summed E-state index contributed by atoms with van der Waals surface area (Å²) >= 11 is 0. The van der Waals surface area contributed by atoms with E-state index in [0.29, 0.717) is 6.54 Å². The fourth-order valence-corrected chi connectivity index (χ4v) is 3.52.